The largest absolute Gasteiger partial charge is 0.371 e. The predicted molar refractivity (Wildman–Crippen MR) is 53.2 cm³/mol. The summed E-state index contributed by atoms with van der Waals surface area (Å²) in [5.41, 5.74) is 1.05. The van der Waals surface area contributed by atoms with Crippen LogP contribution >= 0.6 is 11.6 Å². The number of halogens is 2. The number of benzene rings is 1. The number of alkyl halides is 1. The predicted octanol–water partition coefficient (Wildman–Crippen LogP) is 2.84. The Kier molecular flexibility index (Phi) is 2.52. The normalized spacial score (nSPS) is 24.8. The van der Waals surface area contributed by atoms with Gasteiger partial charge in [0.1, 0.15) is 17.4 Å². The van der Waals surface area contributed by atoms with Gasteiger partial charge in [0.15, 0.2) is 0 Å². The Morgan fingerprint density at radius 2 is 2.21 bits per heavy atom. The van der Waals surface area contributed by atoms with Gasteiger partial charge in [-0.2, -0.15) is 0 Å². The highest BCUT2D eigenvalue weighted by atomic mass is 35.5. The molecule has 0 spiro atoms. The van der Waals surface area contributed by atoms with Crippen LogP contribution in [0.1, 0.15) is 22.7 Å². The fraction of sp³-hybridized carbons (Fsp3) is 0.300. The summed E-state index contributed by atoms with van der Waals surface area (Å²) in [6.45, 7) is 0. The highest BCUT2D eigenvalue weighted by Crippen LogP contribution is 2.34. The minimum atomic E-state index is -0.507. The number of hydrogen-bond acceptors (Lipinski definition) is 2. The topological polar surface area (TPSA) is 21.6 Å². The lowest BCUT2D eigenvalue weighted by Gasteiger charge is -2.21. The highest BCUT2D eigenvalue weighted by Gasteiger charge is 2.22. The van der Waals surface area contributed by atoms with Gasteiger partial charge in [-0.15, -0.1) is 0 Å². The van der Waals surface area contributed by atoms with Gasteiger partial charge in [-0.05, 0) is 17.7 Å². The number of methoxy groups -OCH3 is 1. The van der Waals surface area contributed by atoms with Crippen molar-refractivity contribution in [3.63, 3.8) is 0 Å². The third-order valence-electron chi connectivity index (χ3n) is 2.22. The summed E-state index contributed by atoms with van der Waals surface area (Å²) in [5.74, 6) is -0.304. The van der Waals surface area contributed by atoms with E-state index in [4.69, 9.17) is 16.3 Å². The van der Waals surface area contributed by atoms with Crippen LogP contribution in [0.2, 0.25) is 0 Å². The van der Waals surface area contributed by atoms with E-state index in [-0.39, 0.29) is 11.9 Å². The number of hydrogen-bond donors (Lipinski definition) is 0. The van der Waals surface area contributed by atoms with Crippen molar-refractivity contribution in [2.24, 2.45) is 4.99 Å². The first-order valence-electron chi connectivity index (χ1n) is 4.22. The van der Waals surface area contributed by atoms with Gasteiger partial charge in [-0.3, -0.25) is 4.99 Å². The monoisotopic (exact) mass is 213 g/mol. The Hall–Kier alpha value is -0.930. The summed E-state index contributed by atoms with van der Waals surface area (Å²) in [6, 6.07) is 4.47. The molecule has 0 aliphatic carbocycles. The Morgan fingerprint density at radius 3 is 2.93 bits per heavy atom. The maximum absolute atomic E-state index is 12.9. The first-order valence-corrected chi connectivity index (χ1v) is 4.65. The molecule has 1 heterocycles. The van der Waals surface area contributed by atoms with Gasteiger partial charge in [-0.1, -0.05) is 17.7 Å². The lowest BCUT2D eigenvalue weighted by molar-refractivity contribution is 0.159. The molecule has 0 aromatic heterocycles. The molecule has 1 aliphatic rings. The number of ether oxygens (including phenoxy) is 1. The SMILES string of the molecule is COC1C=NC(Cl)c2cc(F)ccc21. The van der Waals surface area contributed by atoms with E-state index < -0.39 is 5.50 Å². The van der Waals surface area contributed by atoms with Gasteiger partial charge >= 0.3 is 0 Å². The lowest BCUT2D eigenvalue weighted by Crippen LogP contribution is -2.12. The van der Waals surface area contributed by atoms with Crippen molar-refractivity contribution in [3.05, 3.63) is 35.1 Å². The summed E-state index contributed by atoms with van der Waals surface area (Å²) >= 11 is 5.92. The zero-order valence-corrected chi connectivity index (χ0v) is 8.33. The maximum Gasteiger partial charge on any atom is 0.148 e. The molecule has 0 N–H and O–H groups in total. The second kappa shape index (κ2) is 3.67. The third kappa shape index (κ3) is 1.53. The van der Waals surface area contributed by atoms with Crippen LogP contribution in [-0.2, 0) is 4.74 Å². The van der Waals surface area contributed by atoms with Crippen molar-refractivity contribution < 1.29 is 9.13 Å². The van der Waals surface area contributed by atoms with Crippen molar-refractivity contribution >= 4 is 17.8 Å². The first-order chi connectivity index (χ1) is 6.72. The number of rotatable bonds is 1. The lowest BCUT2D eigenvalue weighted by atomic mass is 10.0. The van der Waals surface area contributed by atoms with Gasteiger partial charge in [-0.25, -0.2) is 4.39 Å². The molecule has 0 radical (unpaired) electrons. The first kappa shape index (κ1) is 9.62. The third-order valence-corrected chi connectivity index (χ3v) is 2.57. The zero-order chi connectivity index (χ0) is 10.1. The van der Waals surface area contributed by atoms with Crippen molar-refractivity contribution in [1.29, 1.82) is 0 Å². The van der Waals surface area contributed by atoms with Gasteiger partial charge in [0.25, 0.3) is 0 Å². The second-order valence-electron chi connectivity index (χ2n) is 3.06. The zero-order valence-electron chi connectivity index (χ0n) is 7.58. The average molecular weight is 214 g/mol. The molecule has 4 heteroatoms. The van der Waals surface area contributed by atoms with Crippen molar-refractivity contribution in [2.45, 2.75) is 11.6 Å². The fourth-order valence-electron chi connectivity index (χ4n) is 1.51. The van der Waals surface area contributed by atoms with Gasteiger partial charge < -0.3 is 4.74 Å². The van der Waals surface area contributed by atoms with Crippen molar-refractivity contribution in [2.75, 3.05) is 7.11 Å². The van der Waals surface area contributed by atoms with Crippen LogP contribution in [0.15, 0.2) is 23.2 Å². The molecule has 74 valence electrons. The van der Waals surface area contributed by atoms with Crippen LogP contribution in [0.5, 0.6) is 0 Å². The molecule has 2 nitrogen and oxygen atoms in total. The van der Waals surface area contributed by atoms with E-state index >= 15 is 0 Å². The summed E-state index contributed by atoms with van der Waals surface area (Å²) < 4.78 is 18.1. The summed E-state index contributed by atoms with van der Waals surface area (Å²) in [6.07, 6.45) is 1.42. The molecule has 0 fully saturated rings. The highest BCUT2D eigenvalue weighted by molar-refractivity contribution is 6.21. The minimum absolute atomic E-state index is 0.222. The molecule has 1 aromatic carbocycles. The van der Waals surface area contributed by atoms with E-state index in [1.165, 1.54) is 12.1 Å². The van der Waals surface area contributed by atoms with E-state index in [1.54, 1.807) is 19.4 Å². The van der Waals surface area contributed by atoms with E-state index in [1.807, 2.05) is 0 Å². The standard InChI is InChI=1S/C10H9ClFNO/c1-14-9-5-13-10(11)8-4-6(12)2-3-7(8)9/h2-5,9-10H,1H3. The summed E-state index contributed by atoms with van der Waals surface area (Å²) in [7, 11) is 1.58. The van der Waals surface area contributed by atoms with Gasteiger partial charge in [0.05, 0.1) is 0 Å². The second-order valence-corrected chi connectivity index (χ2v) is 3.48. The van der Waals surface area contributed by atoms with Crippen molar-refractivity contribution in [1.82, 2.24) is 0 Å². The minimum Gasteiger partial charge on any atom is -0.371 e. The molecule has 14 heavy (non-hydrogen) atoms. The Bertz CT molecular complexity index is 380. The quantitative estimate of drug-likeness (QED) is 0.519. The van der Waals surface area contributed by atoms with Crippen LogP contribution < -0.4 is 0 Å². The molecule has 1 aromatic rings. The average Bonchev–Trinajstić information content (AvgIpc) is 2.19. The Balaban J connectivity index is 2.50. The summed E-state index contributed by atoms with van der Waals surface area (Å²) in [5, 5.41) is 0. The molecule has 0 saturated carbocycles. The van der Waals surface area contributed by atoms with Crippen LogP contribution in [0.3, 0.4) is 0 Å². The van der Waals surface area contributed by atoms with E-state index in [0.29, 0.717) is 5.56 Å². The van der Waals surface area contributed by atoms with Gasteiger partial charge in [0, 0.05) is 18.9 Å². The molecule has 2 rings (SSSR count). The molecule has 0 bridgehead atoms. The Morgan fingerprint density at radius 1 is 1.43 bits per heavy atom. The fourth-order valence-corrected chi connectivity index (χ4v) is 1.77. The van der Waals surface area contributed by atoms with Crippen LogP contribution in [0.4, 0.5) is 4.39 Å². The number of aliphatic imine (C=N–C) groups is 1. The Labute approximate surface area is 86.4 Å². The number of nitrogens with zero attached hydrogens (tertiary/aromatic N) is 1. The smallest absolute Gasteiger partial charge is 0.148 e. The molecule has 0 amide bonds. The molecule has 1 aliphatic heterocycles. The van der Waals surface area contributed by atoms with Crippen LogP contribution in [0.25, 0.3) is 0 Å². The molecule has 2 atom stereocenters. The maximum atomic E-state index is 12.9. The summed E-state index contributed by atoms with van der Waals surface area (Å²) in [4.78, 5) is 4.01. The van der Waals surface area contributed by atoms with E-state index in [9.17, 15) is 4.39 Å². The molecular formula is C10H9ClFNO. The molecule has 0 saturated heterocycles. The van der Waals surface area contributed by atoms with Crippen LogP contribution in [-0.4, -0.2) is 13.3 Å². The molecular weight excluding hydrogens is 205 g/mol. The van der Waals surface area contributed by atoms with E-state index in [0.717, 1.165) is 5.56 Å². The van der Waals surface area contributed by atoms with Crippen molar-refractivity contribution in [3.8, 4) is 0 Å². The molecule has 2 unspecified atom stereocenters. The van der Waals surface area contributed by atoms with E-state index in [2.05, 4.69) is 4.99 Å². The van der Waals surface area contributed by atoms with Crippen LogP contribution in [0, 0.1) is 5.82 Å². The number of fused-ring (bicyclic) bond motifs is 1. The van der Waals surface area contributed by atoms with Gasteiger partial charge in [0.2, 0.25) is 0 Å².